The Hall–Kier alpha value is -1.30. The van der Waals surface area contributed by atoms with Gasteiger partial charge in [0.1, 0.15) is 0 Å². The van der Waals surface area contributed by atoms with Gasteiger partial charge >= 0.3 is 0 Å². The molecular formula is C17H24N2. The van der Waals surface area contributed by atoms with E-state index in [0.717, 1.165) is 6.42 Å². The van der Waals surface area contributed by atoms with E-state index >= 15 is 0 Å². The van der Waals surface area contributed by atoms with Gasteiger partial charge in [-0.05, 0) is 44.8 Å². The van der Waals surface area contributed by atoms with Crippen LogP contribution in [0.4, 0.5) is 0 Å². The van der Waals surface area contributed by atoms with Crippen molar-refractivity contribution in [3.05, 3.63) is 35.9 Å². The number of benzene rings is 1. The van der Waals surface area contributed by atoms with E-state index in [-0.39, 0.29) is 6.04 Å². The summed E-state index contributed by atoms with van der Waals surface area (Å²) in [6.45, 7) is 5.59. The average molecular weight is 256 g/mol. The number of rotatable bonds is 5. The first-order valence-electron chi connectivity index (χ1n) is 7.26. The Balaban J connectivity index is 1.68. The molecule has 2 heteroatoms. The fourth-order valence-electron chi connectivity index (χ4n) is 2.66. The Morgan fingerprint density at radius 2 is 2.00 bits per heavy atom. The number of nitrogens with one attached hydrogen (secondary N) is 1. The summed E-state index contributed by atoms with van der Waals surface area (Å²) in [6, 6.07) is 11.5. The Kier molecular flexibility index (Phi) is 5.44. The Bertz CT molecular complexity index is 399. The maximum atomic E-state index is 5.41. The summed E-state index contributed by atoms with van der Waals surface area (Å²) in [6.07, 6.45) is 8.98. The van der Waals surface area contributed by atoms with Crippen molar-refractivity contribution < 1.29 is 0 Å². The Labute approximate surface area is 117 Å². The van der Waals surface area contributed by atoms with Crippen LogP contribution in [0.25, 0.3) is 0 Å². The Morgan fingerprint density at radius 3 is 2.63 bits per heavy atom. The van der Waals surface area contributed by atoms with Crippen molar-refractivity contribution in [3.63, 3.8) is 0 Å². The lowest BCUT2D eigenvalue weighted by Crippen LogP contribution is -2.45. The first-order valence-corrected chi connectivity index (χ1v) is 7.26. The van der Waals surface area contributed by atoms with E-state index in [2.05, 4.69) is 53.4 Å². The van der Waals surface area contributed by atoms with Crippen LogP contribution in [-0.2, 0) is 6.42 Å². The van der Waals surface area contributed by atoms with E-state index in [4.69, 9.17) is 6.42 Å². The van der Waals surface area contributed by atoms with Gasteiger partial charge in [0.25, 0.3) is 0 Å². The summed E-state index contributed by atoms with van der Waals surface area (Å²) < 4.78 is 0. The highest BCUT2D eigenvalue weighted by atomic mass is 15.1. The summed E-state index contributed by atoms with van der Waals surface area (Å²) in [5, 5.41) is 3.50. The maximum absolute atomic E-state index is 5.41. The van der Waals surface area contributed by atoms with Crippen molar-refractivity contribution in [3.8, 4) is 12.3 Å². The standard InChI is InChI=1S/C17H24N2/c1-3-15(2)18-17-10-13-19(14-11-17)12-9-16-7-5-4-6-8-16/h1,4-8,15,17-18H,9-14H2,2H3. The van der Waals surface area contributed by atoms with E-state index in [9.17, 15) is 0 Å². The molecule has 0 radical (unpaired) electrons. The molecule has 0 aromatic heterocycles. The normalized spacial score (nSPS) is 18.9. The van der Waals surface area contributed by atoms with Crippen LogP contribution in [0.1, 0.15) is 25.3 Å². The topological polar surface area (TPSA) is 15.3 Å². The highest BCUT2D eigenvalue weighted by molar-refractivity contribution is 5.14. The molecule has 1 saturated heterocycles. The molecule has 2 nitrogen and oxygen atoms in total. The third-order valence-electron chi connectivity index (χ3n) is 3.88. The van der Waals surface area contributed by atoms with Crippen molar-refractivity contribution in [2.45, 2.75) is 38.3 Å². The number of nitrogens with zero attached hydrogens (tertiary/aromatic N) is 1. The minimum absolute atomic E-state index is 0.195. The zero-order valence-corrected chi connectivity index (χ0v) is 11.8. The highest BCUT2D eigenvalue weighted by Gasteiger charge is 2.19. The minimum atomic E-state index is 0.195. The van der Waals surface area contributed by atoms with E-state index in [1.165, 1.54) is 38.0 Å². The molecule has 0 bridgehead atoms. The van der Waals surface area contributed by atoms with Crippen LogP contribution < -0.4 is 5.32 Å². The van der Waals surface area contributed by atoms with E-state index < -0.39 is 0 Å². The lowest BCUT2D eigenvalue weighted by Gasteiger charge is -2.33. The number of likely N-dealkylation sites (tertiary alicyclic amines) is 1. The van der Waals surface area contributed by atoms with Crippen LogP contribution in [0.15, 0.2) is 30.3 Å². The van der Waals surface area contributed by atoms with E-state index in [1.807, 2.05) is 0 Å². The molecule has 1 atom stereocenters. The predicted octanol–water partition coefficient (Wildman–Crippen LogP) is 2.30. The molecule has 1 aromatic carbocycles. The van der Waals surface area contributed by atoms with Gasteiger partial charge in [-0.3, -0.25) is 0 Å². The number of terminal acetylenes is 1. The molecule has 1 aromatic rings. The summed E-state index contributed by atoms with van der Waals surface area (Å²) >= 11 is 0. The van der Waals surface area contributed by atoms with Gasteiger partial charge in [-0.2, -0.15) is 0 Å². The molecule has 0 amide bonds. The molecular weight excluding hydrogens is 232 g/mol. The first-order chi connectivity index (χ1) is 9.28. The Morgan fingerprint density at radius 1 is 1.32 bits per heavy atom. The van der Waals surface area contributed by atoms with Crippen LogP contribution in [-0.4, -0.2) is 36.6 Å². The van der Waals surface area contributed by atoms with Gasteiger partial charge in [0.05, 0.1) is 6.04 Å². The first kappa shape index (κ1) is 14.1. The summed E-state index contributed by atoms with van der Waals surface area (Å²) in [4.78, 5) is 2.56. The second-order valence-electron chi connectivity index (χ2n) is 5.41. The number of piperidine rings is 1. The molecule has 102 valence electrons. The fourth-order valence-corrected chi connectivity index (χ4v) is 2.66. The zero-order valence-electron chi connectivity index (χ0n) is 11.8. The molecule has 1 aliphatic rings. The van der Waals surface area contributed by atoms with Crippen LogP contribution in [0, 0.1) is 12.3 Å². The zero-order chi connectivity index (χ0) is 13.5. The van der Waals surface area contributed by atoms with Crippen molar-refractivity contribution in [2.75, 3.05) is 19.6 Å². The second kappa shape index (κ2) is 7.33. The van der Waals surface area contributed by atoms with Crippen molar-refractivity contribution in [2.24, 2.45) is 0 Å². The third kappa shape index (κ3) is 4.70. The lowest BCUT2D eigenvalue weighted by atomic mass is 10.0. The van der Waals surface area contributed by atoms with Crippen molar-refractivity contribution in [1.82, 2.24) is 10.2 Å². The largest absolute Gasteiger partial charge is 0.303 e. The van der Waals surface area contributed by atoms with Gasteiger partial charge in [0.15, 0.2) is 0 Å². The van der Waals surface area contributed by atoms with Crippen LogP contribution in [0.2, 0.25) is 0 Å². The average Bonchev–Trinajstić information content (AvgIpc) is 2.47. The van der Waals surface area contributed by atoms with E-state index in [0.29, 0.717) is 6.04 Å². The molecule has 1 aliphatic heterocycles. The third-order valence-corrected chi connectivity index (χ3v) is 3.88. The molecule has 0 saturated carbocycles. The lowest BCUT2D eigenvalue weighted by molar-refractivity contribution is 0.197. The number of hydrogen-bond acceptors (Lipinski definition) is 2. The fraction of sp³-hybridized carbons (Fsp3) is 0.529. The van der Waals surface area contributed by atoms with Crippen LogP contribution in [0.3, 0.4) is 0 Å². The summed E-state index contributed by atoms with van der Waals surface area (Å²) in [7, 11) is 0. The predicted molar refractivity (Wildman–Crippen MR) is 81.0 cm³/mol. The van der Waals surface area contributed by atoms with Gasteiger partial charge in [-0.15, -0.1) is 6.42 Å². The van der Waals surface area contributed by atoms with Crippen molar-refractivity contribution >= 4 is 0 Å². The molecule has 0 spiro atoms. The van der Waals surface area contributed by atoms with Crippen LogP contribution >= 0.6 is 0 Å². The summed E-state index contributed by atoms with van der Waals surface area (Å²) in [5.74, 6) is 2.75. The molecule has 2 rings (SSSR count). The van der Waals surface area contributed by atoms with Gasteiger partial charge in [-0.1, -0.05) is 36.3 Å². The second-order valence-corrected chi connectivity index (χ2v) is 5.41. The molecule has 1 unspecified atom stereocenters. The molecule has 1 N–H and O–H groups in total. The number of hydrogen-bond donors (Lipinski definition) is 1. The monoisotopic (exact) mass is 256 g/mol. The molecule has 1 heterocycles. The molecule has 0 aliphatic carbocycles. The van der Waals surface area contributed by atoms with Gasteiger partial charge in [0.2, 0.25) is 0 Å². The minimum Gasteiger partial charge on any atom is -0.303 e. The van der Waals surface area contributed by atoms with Gasteiger partial charge in [-0.25, -0.2) is 0 Å². The molecule has 19 heavy (non-hydrogen) atoms. The van der Waals surface area contributed by atoms with Crippen LogP contribution in [0.5, 0.6) is 0 Å². The maximum Gasteiger partial charge on any atom is 0.0660 e. The quantitative estimate of drug-likeness (QED) is 0.813. The van der Waals surface area contributed by atoms with Crippen molar-refractivity contribution in [1.29, 1.82) is 0 Å². The highest BCUT2D eigenvalue weighted by Crippen LogP contribution is 2.12. The summed E-state index contributed by atoms with van der Waals surface area (Å²) in [5.41, 5.74) is 1.43. The smallest absolute Gasteiger partial charge is 0.0660 e. The SMILES string of the molecule is C#CC(C)NC1CCN(CCc2ccccc2)CC1. The van der Waals surface area contributed by atoms with E-state index in [1.54, 1.807) is 0 Å². The van der Waals surface area contributed by atoms with Gasteiger partial charge in [0, 0.05) is 12.6 Å². The molecule has 1 fully saturated rings. The van der Waals surface area contributed by atoms with Gasteiger partial charge < -0.3 is 10.2 Å².